The van der Waals surface area contributed by atoms with Crippen molar-refractivity contribution in [1.82, 2.24) is 20.4 Å². The molecule has 25 heavy (non-hydrogen) atoms. The lowest BCUT2D eigenvalue weighted by atomic mass is 10.0. The molecule has 0 bridgehead atoms. The van der Waals surface area contributed by atoms with Gasteiger partial charge in [-0.15, -0.1) is 0 Å². The van der Waals surface area contributed by atoms with Crippen molar-refractivity contribution < 1.29 is 4.79 Å². The van der Waals surface area contributed by atoms with Gasteiger partial charge in [-0.3, -0.25) is 9.89 Å². The molecule has 0 aliphatic carbocycles. The molecule has 2 aromatic carbocycles. The summed E-state index contributed by atoms with van der Waals surface area (Å²) in [5.74, 6) is -0.0510. The Morgan fingerprint density at radius 3 is 2.80 bits per heavy atom. The van der Waals surface area contributed by atoms with Crippen LogP contribution in [0.25, 0.3) is 10.8 Å². The molecular weight excluding hydrogens is 312 g/mol. The summed E-state index contributed by atoms with van der Waals surface area (Å²) in [6.45, 7) is 5.40. The van der Waals surface area contributed by atoms with Gasteiger partial charge in [0.25, 0.3) is 5.91 Å². The highest BCUT2D eigenvalue weighted by Crippen LogP contribution is 2.31. The molecule has 2 N–H and O–H groups in total. The normalized spacial score (nSPS) is 15.3. The summed E-state index contributed by atoms with van der Waals surface area (Å²) in [4.78, 5) is 14.7. The first-order chi connectivity index (χ1) is 12.0. The highest BCUT2D eigenvalue weighted by atomic mass is 16.2. The van der Waals surface area contributed by atoms with Gasteiger partial charge in [0.05, 0.1) is 11.2 Å². The lowest BCUT2D eigenvalue weighted by Crippen LogP contribution is -2.30. The fourth-order valence-electron chi connectivity index (χ4n) is 3.57. The zero-order valence-corrected chi connectivity index (χ0v) is 14.8. The van der Waals surface area contributed by atoms with E-state index in [0.717, 1.165) is 16.8 Å². The highest BCUT2D eigenvalue weighted by molar-refractivity contribution is 5.94. The molecule has 1 aliphatic heterocycles. The predicted molar refractivity (Wildman–Crippen MR) is 98.2 cm³/mol. The van der Waals surface area contributed by atoms with Crippen LogP contribution in [0.15, 0.2) is 42.5 Å². The maximum Gasteiger partial charge on any atom is 0.274 e. The molecule has 2 heterocycles. The van der Waals surface area contributed by atoms with Crippen molar-refractivity contribution in [3.05, 3.63) is 65.0 Å². The van der Waals surface area contributed by atoms with E-state index < -0.39 is 0 Å². The molecule has 0 saturated heterocycles. The summed E-state index contributed by atoms with van der Waals surface area (Å²) in [7, 11) is 1.83. The van der Waals surface area contributed by atoms with Gasteiger partial charge >= 0.3 is 0 Å². The van der Waals surface area contributed by atoms with Crippen LogP contribution < -0.4 is 5.32 Å². The van der Waals surface area contributed by atoms with Crippen LogP contribution in [-0.2, 0) is 18.6 Å². The Kier molecular flexibility index (Phi) is 3.62. The third-order valence-electron chi connectivity index (χ3n) is 5.04. The number of hydrogen-bond acceptors (Lipinski definition) is 3. The number of rotatable bonds is 3. The van der Waals surface area contributed by atoms with E-state index in [9.17, 15) is 4.79 Å². The zero-order chi connectivity index (χ0) is 17.6. The molecule has 0 spiro atoms. The quantitative estimate of drug-likeness (QED) is 0.773. The van der Waals surface area contributed by atoms with Crippen LogP contribution >= 0.6 is 0 Å². The summed E-state index contributed by atoms with van der Waals surface area (Å²) in [5, 5.41) is 13.1. The standard InChI is InChI=1S/C20H22N4O/c1-20(2)18-16(11-21-20)17(22-23-18)19(25)24(3)12-14-9-6-8-13-7-4-5-10-15(13)14/h4-10,21H,11-12H2,1-3H3,(H,22,23). The molecule has 0 atom stereocenters. The molecule has 0 unspecified atom stereocenters. The molecule has 5 heteroatoms. The van der Waals surface area contributed by atoms with Gasteiger partial charge in [0.1, 0.15) is 0 Å². The van der Waals surface area contributed by atoms with Crippen molar-refractivity contribution >= 4 is 16.7 Å². The number of aromatic amines is 1. The first-order valence-corrected chi connectivity index (χ1v) is 8.52. The van der Waals surface area contributed by atoms with Crippen molar-refractivity contribution in [1.29, 1.82) is 0 Å². The van der Waals surface area contributed by atoms with Crippen molar-refractivity contribution in [3.8, 4) is 0 Å². The van der Waals surface area contributed by atoms with E-state index in [4.69, 9.17) is 0 Å². The minimum atomic E-state index is -0.172. The Bertz CT molecular complexity index is 952. The summed E-state index contributed by atoms with van der Waals surface area (Å²) in [6, 6.07) is 14.5. The smallest absolute Gasteiger partial charge is 0.274 e. The molecule has 128 valence electrons. The number of nitrogens with zero attached hydrogens (tertiary/aromatic N) is 2. The number of fused-ring (bicyclic) bond motifs is 2. The molecule has 1 aromatic heterocycles. The van der Waals surface area contributed by atoms with Crippen molar-refractivity contribution in [2.45, 2.75) is 32.5 Å². The van der Waals surface area contributed by atoms with Gasteiger partial charge in [-0.25, -0.2) is 0 Å². The van der Waals surface area contributed by atoms with Crippen LogP contribution in [0.1, 0.15) is 41.2 Å². The average molecular weight is 334 g/mol. The van der Waals surface area contributed by atoms with Crippen LogP contribution in [0, 0.1) is 0 Å². The zero-order valence-electron chi connectivity index (χ0n) is 14.8. The van der Waals surface area contributed by atoms with Crippen molar-refractivity contribution in [3.63, 3.8) is 0 Å². The van der Waals surface area contributed by atoms with Gasteiger partial charge < -0.3 is 10.2 Å². The van der Waals surface area contributed by atoms with Gasteiger partial charge in [0, 0.05) is 25.7 Å². The second kappa shape index (κ2) is 5.70. The molecular formula is C20H22N4O. The third kappa shape index (κ3) is 2.61. The molecule has 0 radical (unpaired) electrons. The lowest BCUT2D eigenvalue weighted by Gasteiger charge is -2.18. The van der Waals surface area contributed by atoms with E-state index in [2.05, 4.69) is 53.6 Å². The summed E-state index contributed by atoms with van der Waals surface area (Å²) in [5.41, 5.74) is 3.49. The Morgan fingerprint density at radius 1 is 1.20 bits per heavy atom. The van der Waals surface area contributed by atoms with E-state index in [1.54, 1.807) is 4.90 Å². The van der Waals surface area contributed by atoms with Crippen LogP contribution in [0.4, 0.5) is 0 Å². The van der Waals surface area contributed by atoms with E-state index in [1.807, 2.05) is 25.2 Å². The summed E-state index contributed by atoms with van der Waals surface area (Å²) >= 11 is 0. The Morgan fingerprint density at radius 2 is 1.96 bits per heavy atom. The minimum absolute atomic E-state index is 0.0510. The Hall–Kier alpha value is -2.66. The lowest BCUT2D eigenvalue weighted by molar-refractivity contribution is 0.0778. The number of benzene rings is 2. The molecule has 1 amide bonds. The van der Waals surface area contributed by atoms with Gasteiger partial charge in [-0.2, -0.15) is 5.10 Å². The van der Waals surface area contributed by atoms with Gasteiger partial charge in [-0.1, -0.05) is 42.5 Å². The number of aromatic nitrogens is 2. The van der Waals surface area contributed by atoms with E-state index >= 15 is 0 Å². The third-order valence-corrected chi connectivity index (χ3v) is 5.04. The number of amides is 1. The molecule has 5 nitrogen and oxygen atoms in total. The largest absolute Gasteiger partial charge is 0.336 e. The number of hydrogen-bond donors (Lipinski definition) is 2. The van der Waals surface area contributed by atoms with E-state index in [1.165, 1.54) is 10.8 Å². The van der Waals surface area contributed by atoms with Crippen LogP contribution in [0.3, 0.4) is 0 Å². The van der Waals surface area contributed by atoms with Gasteiger partial charge in [0.15, 0.2) is 5.69 Å². The van der Waals surface area contributed by atoms with E-state index in [-0.39, 0.29) is 11.4 Å². The Labute approximate surface area is 147 Å². The number of carbonyl (C=O) groups is 1. The first-order valence-electron chi connectivity index (χ1n) is 8.52. The molecule has 3 aromatic rings. The van der Waals surface area contributed by atoms with Crippen molar-refractivity contribution in [2.24, 2.45) is 0 Å². The number of carbonyl (C=O) groups excluding carboxylic acids is 1. The Balaban J connectivity index is 1.62. The topological polar surface area (TPSA) is 61.0 Å². The first kappa shape index (κ1) is 15.8. The van der Waals surface area contributed by atoms with E-state index in [0.29, 0.717) is 18.8 Å². The maximum absolute atomic E-state index is 12.9. The van der Waals surface area contributed by atoms with Crippen LogP contribution in [0.5, 0.6) is 0 Å². The monoisotopic (exact) mass is 334 g/mol. The van der Waals surface area contributed by atoms with Crippen molar-refractivity contribution in [2.75, 3.05) is 7.05 Å². The predicted octanol–water partition coefficient (Wildman–Crippen LogP) is 3.17. The summed E-state index contributed by atoms with van der Waals surface area (Å²) < 4.78 is 0. The van der Waals surface area contributed by atoms with Crippen LogP contribution in [-0.4, -0.2) is 28.1 Å². The molecule has 0 saturated carbocycles. The van der Waals surface area contributed by atoms with Gasteiger partial charge in [0.2, 0.25) is 0 Å². The molecule has 0 fully saturated rings. The number of H-pyrrole nitrogens is 1. The minimum Gasteiger partial charge on any atom is -0.336 e. The summed E-state index contributed by atoms with van der Waals surface area (Å²) in [6.07, 6.45) is 0. The van der Waals surface area contributed by atoms with Gasteiger partial charge in [-0.05, 0) is 30.2 Å². The fourth-order valence-corrected chi connectivity index (χ4v) is 3.57. The van der Waals surface area contributed by atoms with Crippen LogP contribution in [0.2, 0.25) is 0 Å². The average Bonchev–Trinajstić information content (AvgIpc) is 3.16. The molecule has 1 aliphatic rings. The molecule has 4 rings (SSSR count). The highest BCUT2D eigenvalue weighted by Gasteiger charge is 2.35. The SMILES string of the molecule is CN(Cc1cccc2ccccc12)C(=O)c1n[nH]c2c1CNC2(C)C. The second-order valence-corrected chi connectivity index (χ2v) is 7.20. The fraction of sp³-hybridized carbons (Fsp3) is 0.300. The maximum atomic E-state index is 12.9. The number of nitrogens with one attached hydrogen (secondary N) is 2. The second-order valence-electron chi connectivity index (χ2n) is 7.20.